The summed E-state index contributed by atoms with van der Waals surface area (Å²) in [7, 11) is 3.20. The maximum absolute atomic E-state index is 11.8. The molecular formula is C24H29NO7. The van der Waals surface area contributed by atoms with Crippen molar-refractivity contribution in [2.24, 2.45) is 11.7 Å². The van der Waals surface area contributed by atoms with Crippen LogP contribution in [0.5, 0.6) is 17.2 Å². The molecule has 1 atom stereocenters. The Labute approximate surface area is 187 Å². The highest BCUT2D eigenvalue weighted by atomic mass is 16.7. The Morgan fingerprint density at radius 1 is 0.844 bits per heavy atom. The molecular weight excluding hydrogens is 414 g/mol. The number of benzene rings is 2. The highest BCUT2D eigenvalue weighted by molar-refractivity contribution is 5.75. The highest BCUT2D eigenvalue weighted by Crippen LogP contribution is 2.24. The zero-order chi connectivity index (χ0) is 23.5. The van der Waals surface area contributed by atoms with E-state index in [-0.39, 0.29) is 19.1 Å². The van der Waals surface area contributed by atoms with Crippen LogP contribution < -0.4 is 19.9 Å². The van der Waals surface area contributed by atoms with Crippen molar-refractivity contribution in [1.29, 1.82) is 0 Å². The maximum Gasteiger partial charge on any atom is 0.513 e. The topological polar surface area (TPSA) is 106 Å². The number of methoxy groups -OCH3 is 2. The van der Waals surface area contributed by atoms with Crippen molar-refractivity contribution in [2.45, 2.75) is 19.9 Å². The van der Waals surface area contributed by atoms with E-state index in [1.165, 1.54) is 0 Å². The van der Waals surface area contributed by atoms with E-state index in [4.69, 9.17) is 29.4 Å². The SMILES string of the molecule is COc1cc(/C=C/c2ccc(OC(=O)OCCOC(=O)C(N)C(C)C)cc2)cc(OC)c1. The van der Waals surface area contributed by atoms with E-state index in [1.807, 2.05) is 38.1 Å². The number of carbonyl (C=O) groups is 2. The molecule has 8 heteroatoms. The molecule has 2 aromatic carbocycles. The Bertz CT molecular complexity index is 900. The van der Waals surface area contributed by atoms with Gasteiger partial charge in [-0.3, -0.25) is 4.79 Å². The molecule has 0 aliphatic heterocycles. The van der Waals surface area contributed by atoms with Crippen molar-refractivity contribution in [3.05, 3.63) is 53.6 Å². The summed E-state index contributed by atoms with van der Waals surface area (Å²) < 4.78 is 25.5. The monoisotopic (exact) mass is 443 g/mol. The number of rotatable bonds is 10. The zero-order valence-corrected chi connectivity index (χ0v) is 18.7. The summed E-state index contributed by atoms with van der Waals surface area (Å²) in [5.74, 6) is 1.15. The second-order valence-corrected chi connectivity index (χ2v) is 7.19. The third-order valence-electron chi connectivity index (χ3n) is 4.46. The van der Waals surface area contributed by atoms with E-state index in [2.05, 4.69) is 0 Å². The number of esters is 1. The van der Waals surface area contributed by atoms with Gasteiger partial charge in [-0.05, 0) is 41.3 Å². The van der Waals surface area contributed by atoms with Gasteiger partial charge in [0.2, 0.25) is 0 Å². The summed E-state index contributed by atoms with van der Waals surface area (Å²) in [6.45, 7) is 3.42. The van der Waals surface area contributed by atoms with Crippen LogP contribution in [0.25, 0.3) is 12.2 Å². The molecule has 0 aliphatic carbocycles. The van der Waals surface area contributed by atoms with E-state index in [0.717, 1.165) is 11.1 Å². The fourth-order valence-electron chi connectivity index (χ4n) is 2.53. The quantitative estimate of drug-likeness (QED) is 0.255. The maximum atomic E-state index is 11.8. The van der Waals surface area contributed by atoms with Crippen LogP contribution in [-0.2, 0) is 14.3 Å². The lowest BCUT2D eigenvalue weighted by Crippen LogP contribution is -2.37. The van der Waals surface area contributed by atoms with Crippen LogP contribution >= 0.6 is 0 Å². The first kappa shape index (κ1) is 24.7. The van der Waals surface area contributed by atoms with Crippen LogP contribution in [0.1, 0.15) is 25.0 Å². The van der Waals surface area contributed by atoms with Gasteiger partial charge in [-0.2, -0.15) is 0 Å². The normalized spacial score (nSPS) is 11.8. The molecule has 0 aromatic heterocycles. The van der Waals surface area contributed by atoms with Gasteiger partial charge in [0.1, 0.15) is 36.5 Å². The van der Waals surface area contributed by atoms with Crippen molar-refractivity contribution in [2.75, 3.05) is 27.4 Å². The van der Waals surface area contributed by atoms with Crippen LogP contribution in [0, 0.1) is 5.92 Å². The average molecular weight is 443 g/mol. The van der Waals surface area contributed by atoms with Crippen molar-refractivity contribution >= 4 is 24.3 Å². The van der Waals surface area contributed by atoms with Crippen LogP contribution in [0.3, 0.4) is 0 Å². The Kier molecular flexibility index (Phi) is 9.56. The fraction of sp³-hybridized carbons (Fsp3) is 0.333. The van der Waals surface area contributed by atoms with Gasteiger partial charge in [-0.15, -0.1) is 0 Å². The summed E-state index contributed by atoms with van der Waals surface area (Å²) >= 11 is 0. The van der Waals surface area contributed by atoms with Gasteiger partial charge in [-0.25, -0.2) is 4.79 Å². The molecule has 1 unspecified atom stereocenters. The van der Waals surface area contributed by atoms with Crippen LogP contribution in [0.2, 0.25) is 0 Å². The van der Waals surface area contributed by atoms with Gasteiger partial charge in [0.05, 0.1) is 14.2 Å². The summed E-state index contributed by atoms with van der Waals surface area (Å²) in [6.07, 6.45) is 2.94. The Morgan fingerprint density at radius 3 is 1.97 bits per heavy atom. The van der Waals surface area contributed by atoms with Crippen molar-refractivity contribution in [3.8, 4) is 17.2 Å². The molecule has 0 amide bonds. The molecule has 2 aromatic rings. The molecule has 172 valence electrons. The second-order valence-electron chi connectivity index (χ2n) is 7.19. The molecule has 0 aliphatic rings. The first-order valence-electron chi connectivity index (χ1n) is 10.1. The summed E-state index contributed by atoms with van der Waals surface area (Å²) in [5.41, 5.74) is 7.49. The number of hydrogen-bond donors (Lipinski definition) is 1. The molecule has 2 N–H and O–H groups in total. The smallest absolute Gasteiger partial charge is 0.497 e. The first-order valence-corrected chi connectivity index (χ1v) is 10.1. The predicted octanol–water partition coefficient (Wildman–Crippen LogP) is 3.92. The van der Waals surface area contributed by atoms with Gasteiger partial charge >= 0.3 is 12.1 Å². The van der Waals surface area contributed by atoms with Crippen LogP contribution in [-0.4, -0.2) is 45.6 Å². The lowest BCUT2D eigenvalue weighted by molar-refractivity contribution is -0.147. The molecule has 0 saturated carbocycles. The lowest BCUT2D eigenvalue weighted by atomic mass is 10.1. The first-order chi connectivity index (χ1) is 15.3. The number of hydrogen-bond acceptors (Lipinski definition) is 8. The van der Waals surface area contributed by atoms with E-state index in [1.54, 1.807) is 44.6 Å². The molecule has 0 spiro atoms. The van der Waals surface area contributed by atoms with E-state index in [0.29, 0.717) is 17.2 Å². The Hall–Kier alpha value is -3.52. The number of carbonyl (C=O) groups excluding carboxylic acids is 2. The number of ether oxygens (including phenoxy) is 5. The molecule has 0 radical (unpaired) electrons. The van der Waals surface area contributed by atoms with Gasteiger partial charge in [0, 0.05) is 6.07 Å². The van der Waals surface area contributed by atoms with Crippen molar-refractivity contribution in [3.63, 3.8) is 0 Å². The molecule has 32 heavy (non-hydrogen) atoms. The van der Waals surface area contributed by atoms with Crippen molar-refractivity contribution in [1.82, 2.24) is 0 Å². The van der Waals surface area contributed by atoms with Crippen LogP contribution in [0.15, 0.2) is 42.5 Å². The van der Waals surface area contributed by atoms with E-state index < -0.39 is 18.2 Å². The van der Waals surface area contributed by atoms with Crippen molar-refractivity contribution < 1.29 is 33.3 Å². The summed E-state index contributed by atoms with van der Waals surface area (Å²) in [4.78, 5) is 23.4. The predicted molar refractivity (Wildman–Crippen MR) is 121 cm³/mol. The molecule has 0 saturated heterocycles. The number of nitrogens with two attached hydrogens (primary N) is 1. The molecule has 0 fully saturated rings. The third-order valence-corrected chi connectivity index (χ3v) is 4.46. The van der Waals surface area contributed by atoms with Gasteiger partial charge in [0.25, 0.3) is 0 Å². The standard InChI is InChI=1S/C24H29NO7/c1-16(2)22(25)23(26)30-11-12-31-24(27)32-19-9-7-17(8-10-19)5-6-18-13-20(28-3)15-21(14-18)29-4/h5-10,13-16,22H,11-12,25H2,1-4H3/b6-5+. The molecule has 0 heterocycles. The Balaban J connectivity index is 1.82. The molecule has 2 rings (SSSR count). The van der Waals surface area contributed by atoms with Gasteiger partial charge < -0.3 is 29.4 Å². The minimum Gasteiger partial charge on any atom is -0.497 e. The zero-order valence-electron chi connectivity index (χ0n) is 18.7. The summed E-state index contributed by atoms with van der Waals surface area (Å²) in [6, 6.07) is 11.8. The van der Waals surface area contributed by atoms with Crippen LogP contribution in [0.4, 0.5) is 4.79 Å². The Morgan fingerprint density at radius 2 is 1.41 bits per heavy atom. The van der Waals surface area contributed by atoms with Gasteiger partial charge in [-0.1, -0.05) is 38.1 Å². The molecule has 0 bridgehead atoms. The van der Waals surface area contributed by atoms with Gasteiger partial charge in [0.15, 0.2) is 0 Å². The summed E-state index contributed by atoms with van der Waals surface area (Å²) in [5, 5.41) is 0. The lowest BCUT2D eigenvalue weighted by Gasteiger charge is -2.14. The van der Waals surface area contributed by atoms with E-state index in [9.17, 15) is 9.59 Å². The average Bonchev–Trinajstić information content (AvgIpc) is 2.80. The minimum atomic E-state index is -0.888. The highest BCUT2D eigenvalue weighted by Gasteiger charge is 2.18. The molecule has 8 nitrogen and oxygen atoms in total. The second kappa shape index (κ2) is 12.4. The minimum absolute atomic E-state index is 0.0375. The third kappa shape index (κ3) is 7.96. The largest absolute Gasteiger partial charge is 0.513 e. The fourth-order valence-corrected chi connectivity index (χ4v) is 2.53. The van der Waals surface area contributed by atoms with E-state index >= 15 is 0 Å².